The third kappa shape index (κ3) is 2.41. The van der Waals surface area contributed by atoms with Crippen molar-refractivity contribution in [2.75, 3.05) is 0 Å². The summed E-state index contributed by atoms with van der Waals surface area (Å²) < 4.78 is 2.10. The fraction of sp³-hybridized carbons (Fsp3) is 0.400. The summed E-state index contributed by atoms with van der Waals surface area (Å²) >= 11 is 0. The first-order valence-electron chi connectivity index (χ1n) is 6.21. The summed E-state index contributed by atoms with van der Waals surface area (Å²) in [4.78, 5) is 4.14. The maximum Gasteiger partial charge on any atom is 0.0991 e. The topological polar surface area (TPSA) is 17.8 Å². The number of benzene rings is 1. The first-order valence-corrected chi connectivity index (χ1v) is 6.21. The molecule has 2 nitrogen and oxygen atoms in total. The predicted molar refractivity (Wildman–Crippen MR) is 71.7 cm³/mol. The van der Waals surface area contributed by atoms with Crippen LogP contribution in [0.1, 0.15) is 50.7 Å². The number of aromatic nitrogens is 2. The van der Waals surface area contributed by atoms with Crippen LogP contribution < -0.4 is 0 Å². The van der Waals surface area contributed by atoms with Crippen molar-refractivity contribution in [1.82, 2.24) is 9.55 Å². The molecule has 0 amide bonds. The Morgan fingerprint density at radius 1 is 1.06 bits per heavy atom. The maximum absolute atomic E-state index is 4.14. The molecule has 1 aromatic carbocycles. The molecule has 90 valence electrons. The van der Waals surface area contributed by atoms with E-state index in [2.05, 4.69) is 55.4 Å². The Kier molecular flexibility index (Phi) is 3.32. The van der Waals surface area contributed by atoms with Gasteiger partial charge in [-0.25, -0.2) is 4.98 Å². The van der Waals surface area contributed by atoms with Crippen LogP contribution >= 0.6 is 0 Å². The molecule has 0 spiro atoms. The van der Waals surface area contributed by atoms with E-state index in [1.807, 2.05) is 18.7 Å². The summed E-state index contributed by atoms with van der Waals surface area (Å²) in [5.41, 5.74) is 3.99. The lowest BCUT2D eigenvalue weighted by molar-refractivity contribution is 0.827. The number of hydrogen-bond donors (Lipinski definition) is 0. The van der Waals surface area contributed by atoms with Gasteiger partial charge in [0.2, 0.25) is 0 Å². The fourth-order valence-corrected chi connectivity index (χ4v) is 2.03. The van der Waals surface area contributed by atoms with E-state index in [4.69, 9.17) is 0 Å². The molecule has 0 aliphatic carbocycles. The quantitative estimate of drug-likeness (QED) is 0.772. The highest BCUT2D eigenvalue weighted by Gasteiger charge is 2.10. The smallest absolute Gasteiger partial charge is 0.0991 e. The molecule has 0 atom stereocenters. The SMILES string of the molecule is CC(C)c1ccc(C(C)C)c(-n2ccnc2)c1. The van der Waals surface area contributed by atoms with Crippen LogP contribution in [0, 0.1) is 0 Å². The normalized spacial score (nSPS) is 11.4. The molecular weight excluding hydrogens is 208 g/mol. The van der Waals surface area contributed by atoms with E-state index < -0.39 is 0 Å². The van der Waals surface area contributed by atoms with Crippen molar-refractivity contribution in [1.29, 1.82) is 0 Å². The van der Waals surface area contributed by atoms with Gasteiger partial charge >= 0.3 is 0 Å². The van der Waals surface area contributed by atoms with Crippen molar-refractivity contribution in [3.63, 3.8) is 0 Å². The van der Waals surface area contributed by atoms with Crippen LogP contribution in [-0.4, -0.2) is 9.55 Å². The Morgan fingerprint density at radius 2 is 1.82 bits per heavy atom. The molecule has 1 heterocycles. The number of rotatable bonds is 3. The van der Waals surface area contributed by atoms with Crippen LogP contribution in [0.25, 0.3) is 5.69 Å². The van der Waals surface area contributed by atoms with Crippen LogP contribution in [0.4, 0.5) is 0 Å². The first kappa shape index (κ1) is 11.9. The Labute approximate surface area is 103 Å². The van der Waals surface area contributed by atoms with Crippen molar-refractivity contribution in [3.8, 4) is 5.69 Å². The second kappa shape index (κ2) is 4.74. The second-order valence-electron chi connectivity index (χ2n) is 5.10. The largest absolute Gasteiger partial charge is 0.306 e. The number of hydrogen-bond acceptors (Lipinski definition) is 1. The van der Waals surface area contributed by atoms with Gasteiger partial charge in [-0.05, 0) is 29.0 Å². The molecule has 0 radical (unpaired) electrons. The standard InChI is InChI=1S/C15H20N2/c1-11(2)13-5-6-14(12(3)4)15(9-13)17-8-7-16-10-17/h5-12H,1-4H3. The summed E-state index contributed by atoms with van der Waals surface area (Å²) in [7, 11) is 0. The van der Waals surface area contributed by atoms with Crippen LogP contribution in [0.2, 0.25) is 0 Å². The zero-order chi connectivity index (χ0) is 12.4. The summed E-state index contributed by atoms with van der Waals surface area (Å²) in [6, 6.07) is 6.76. The molecule has 1 aromatic heterocycles. The lowest BCUT2D eigenvalue weighted by Gasteiger charge is -2.16. The highest BCUT2D eigenvalue weighted by Crippen LogP contribution is 2.26. The van der Waals surface area contributed by atoms with Gasteiger partial charge in [0.25, 0.3) is 0 Å². The van der Waals surface area contributed by atoms with Gasteiger partial charge in [0, 0.05) is 12.4 Å². The van der Waals surface area contributed by atoms with E-state index in [0.717, 1.165) is 0 Å². The molecule has 17 heavy (non-hydrogen) atoms. The average molecular weight is 228 g/mol. The van der Waals surface area contributed by atoms with E-state index in [0.29, 0.717) is 11.8 Å². The van der Waals surface area contributed by atoms with Crippen LogP contribution in [0.3, 0.4) is 0 Å². The first-order chi connectivity index (χ1) is 8.09. The van der Waals surface area contributed by atoms with Gasteiger partial charge in [-0.2, -0.15) is 0 Å². The minimum absolute atomic E-state index is 0.522. The third-order valence-electron chi connectivity index (χ3n) is 3.13. The molecule has 2 heteroatoms. The lowest BCUT2D eigenvalue weighted by Crippen LogP contribution is -2.01. The monoisotopic (exact) mass is 228 g/mol. The molecule has 0 fully saturated rings. The van der Waals surface area contributed by atoms with Gasteiger partial charge in [-0.1, -0.05) is 39.8 Å². The Morgan fingerprint density at radius 3 is 2.35 bits per heavy atom. The highest BCUT2D eigenvalue weighted by atomic mass is 15.0. The Bertz CT molecular complexity index is 482. The van der Waals surface area contributed by atoms with Crippen molar-refractivity contribution >= 4 is 0 Å². The average Bonchev–Trinajstić information content (AvgIpc) is 2.81. The van der Waals surface area contributed by atoms with Crippen molar-refractivity contribution in [3.05, 3.63) is 48.0 Å². The molecule has 0 aliphatic heterocycles. The van der Waals surface area contributed by atoms with Gasteiger partial charge in [-0.15, -0.1) is 0 Å². The molecule has 0 saturated heterocycles. The van der Waals surface area contributed by atoms with Gasteiger partial charge < -0.3 is 4.57 Å². The fourth-order valence-electron chi connectivity index (χ4n) is 2.03. The highest BCUT2D eigenvalue weighted by molar-refractivity contribution is 5.46. The number of imidazole rings is 1. The summed E-state index contributed by atoms with van der Waals surface area (Å²) in [5.74, 6) is 1.08. The Hall–Kier alpha value is -1.57. The third-order valence-corrected chi connectivity index (χ3v) is 3.13. The van der Waals surface area contributed by atoms with Crippen LogP contribution in [0.5, 0.6) is 0 Å². The molecule has 0 aliphatic rings. The molecule has 0 saturated carbocycles. The molecule has 2 rings (SSSR count). The van der Waals surface area contributed by atoms with Crippen molar-refractivity contribution < 1.29 is 0 Å². The molecule has 2 aromatic rings. The van der Waals surface area contributed by atoms with Crippen molar-refractivity contribution in [2.45, 2.75) is 39.5 Å². The molecule has 0 unspecified atom stereocenters. The van der Waals surface area contributed by atoms with Gasteiger partial charge in [-0.3, -0.25) is 0 Å². The summed E-state index contributed by atoms with van der Waals surface area (Å²) in [5, 5.41) is 0. The minimum Gasteiger partial charge on any atom is -0.306 e. The molecular formula is C15H20N2. The summed E-state index contributed by atoms with van der Waals surface area (Å²) in [6.45, 7) is 8.90. The number of nitrogens with zero attached hydrogens (tertiary/aromatic N) is 2. The Balaban J connectivity index is 2.56. The van der Waals surface area contributed by atoms with E-state index in [1.165, 1.54) is 16.8 Å². The summed E-state index contributed by atoms with van der Waals surface area (Å²) in [6.07, 6.45) is 5.70. The van der Waals surface area contributed by atoms with Gasteiger partial charge in [0.1, 0.15) is 0 Å². The van der Waals surface area contributed by atoms with Gasteiger partial charge in [0.05, 0.1) is 12.0 Å². The maximum atomic E-state index is 4.14. The van der Waals surface area contributed by atoms with E-state index in [1.54, 1.807) is 0 Å². The van der Waals surface area contributed by atoms with E-state index in [9.17, 15) is 0 Å². The van der Waals surface area contributed by atoms with Crippen molar-refractivity contribution in [2.24, 2.45) is 0 Å². The van der Waals surface area contributed by atoms with Gasteiger partial charge in [0.15, 0.2) is 0 Å². The van der Waals surface area contributed by atoms with E-state index >= 15 is 0 Å². The minimum atomic E-state index is 0.522. The molecule has 0 bridgehead atoms. The van der Waals surface area contributed by atoms with Crippen LogP contribution in [0.15, 0.2) is 36.9 Å². The zero-order valence-corrected chi connectivity index (χ0v) is 11.0. The van der Waals surface area contributed by atoms with E-state index in [-0.39, 0.29) is 0 Å². The zero-order valence-electron chi connectivity index (χ0n) is 11.0. The lowest BCUT2D eigenvalue weighted by atomic mass is 9.95. The second-order valence-corrected chi connectivity index (χ2v) is 5.10. The molecule has 0 N–H and O–H groups in total. The predicted octanol–water partition coefficient (Wildman–Crippen LogP) is 4.12. The van der Waals surface area contributed by atoms with Crippen LogP contribution in [-0.2, 0) is 0 Å².